The van der Waals surface area contributed by atoms with Crippen LogP contribution in [0.5, 0.6) is 5.75 Å². The fourth-order valence-electron chi connectivity index (χ4n) is 2.42. The van der Waals surface area contributed by atoms with Crippen molar-refractivity contribution in [3.05, 3.63) is 82.8 Å². The average molecular weight is 349 g/mol. The van der Waals surface area contributed by atoms with E-state index < -0.39 is 0 Å². The number of rotatable bonds is 5. The van der Waals surface area contributed by atoms with Crippen LogP contribution in [-0.4, -0.2) is 17.6 Å². The van der Waals surface area contributed by atoms with Crippen LogP contribution in [-0.2, 0) is 7.05 Å². The lowest BCUT2D eigenvalue weighted by molar-refractivity contribution is 0.102. The topological polar surface area (TPSA) is 72.4 Å². The molecule has 6 heteroatoms. The minimum absolute atomic E-state index is 0.234. The van der Waals surface area contributed by atoms with E-state index in [0.29, 0.717) is 11.3 Å². The lowest BCUT2D eigenvalue weighted by Gasteiger charge is -2.13. The van der Waals surface area contributed by atoms with Crippen molar-refractivity contribution < 1.29 is 9.53 Å². The van der Waals surface area contributed by atoms with Gasteiger partial charge in [0.2, 0.25) is 0 Å². The summed E-state index contributed by atoms with van der Waals surface area (Å²) in [7, 11) is 3.25. The number of amides is 1. The van der Waals surface area contributed by atoms with Crippen LogP contribution in [0.15, 0.2) is 71.7 Å². The number of aromatic nitrogens is 1. The highest BCUT2D eigenvalue weighted by atomic mass is 16.5. The van der Waals surface area contributed by atoms with Crippen LogP contribution in [0.1, 0.15) is 10.4 Å². The van der Waals surface area contributed by atoms with Gasteiger partial charge in [0.1, 0.15) is 5.75 Å². The molecule has 0 unspecified atom stereocenters. The summed E-state index contributed by atoms with van der Waals surface area (Å²) in [6.07, 6.45) is 1.57. The number of benzene rings is 2. The maximum Gasteiger partial charge on any atom is 0.255 e. The van der Waals surface area contributed by atoms with E-state index in [2.05, 4.69) is 10.6 Å². The Kier molecular flexibility index (Phi) is 5.03. The standard InChI is InChI=1S/C20H19N3O3/c1-23-12-11-14(13-19(23)24)20(25)22-18-6-4-3-5-17(18)21-15-7-9-16(26-2)10-8-15/h3-13,21H,1-2H3,(H,22,25). The highest BCUT2D eigenvalue weighted by Crippen LogP contribution is 2.26. The van der Waals surface area contributed by atoms with Gasteiger partial charge in [-0.25, -0.2) is 0 Å². The third-order valence-corrected chi connectivity index (χ3v) is 3.91. The van der Waals surface area contributed by atoms with Gasteiger partial charge in [-0.15, -0.1) is 0 Å². The van der Waals surface area contributed by atoms with Gasteiger partial charge in [0.15, 0.2) is 0 Å². The minimum Gasteiger partial charge on any atom is -0.497 e. The summed E-state index contributed by atoms with van der Waals surface area (Å²) in [6.45, 7) is 0. The van der Waals surface area contributed by atoms with Gasteiger partial charge in [-0.2, -0.15) is 0 Å². The zero-order chi connectivity index (χ0) is 18.5. The van der Waals surface area contributed by atoms with Crippen LogP contribution in [0.2, 0.25) is 0 Å². The number of ether oxygens (including phenoxy) is 1. The molecule has 0 saturated heterocycles. The van der Waals surface area contributed by atoms with E-state index in [4.69, 9.17) is 4.74 Å². The molecule has 0 aliphatic carbocycles. The van der Waals surface area contributed by atoms with Gasteiger partial charge < -0.3 is 19.9 Å². The lowest BCUT2D eigenvalue weighted by Crippen LogP contribution is -2.20. The molecule has 1 amide bonds. The monoisotopic (exact) mass is 349 g/mol. The molecule has 0 bridgehead atoms. The Bertz CT molecular complexity index is 978. The van der Waals surface area contributed by atoms with E-state index in [0.717, 1.165) is 17.1 Å². The van der Waals surface area contributed by atoms with Crippen molar-refractivity contribution in [1.29, 1.82) is 0 Å². The molecule has 0 spiro atoms. The predicted octanol–water partition coefficient (Wildman–Crippen LogP) is 3.39. The van der Waals surface area contributed by atoms with Crippen LogP contribution in [0.4, 0.5) is 17.1 Å². The Morgan fingerprint density at radius 2 is 1.69 bits per heavy atom. The number of hydrogen-bond acceptors (Lipinski definition) is 4. The molecule has 26 heavy (non-hydrogen) atoms. The number of carbonyl (C=O) groups excluding carboxylic acids is 1. The number of nitrogens with one attached hydrogen (secondary N) is 2. The molecule has 0 fully saturated rings. The Morgan fingerprint density at radius 1 is 1.00 bits per heavy atom. The fraction of sp³-hybridized carbons (Fsp3) is 0.100. The summed E-state index contributed by atoms with van der Waals surface area (Å²) in [5, 5.41) is 6.11. The van der Waals surface area contributed by atoms with Gasteiger partial charge in [0.25, 0.3) is 11.5 Å². The maximum atomic E-state index is 12.5. The molecule has 0 aliphatic rings. The fourth-order valence-corrected chi connectivity index (χ4v) is 2.42. The second-order valence-electron chi connectivity index (χ2n) is 5.72. The molecule has 2 aromatic carbocycles. The van der Waals surface area contributed by atoms with Crippen LogP contribution in [0.25, 0.3) is 0 Å². The summed E-state index contributed by atoms with van der Waals surface area (Å²) < 4.78 is 6.56. The van der Waals surface area contributed by atoms with Gasteiger partial charge in [-0.3, -0.25) is 9.59 Å². The minimum atomic E-state index is -0.341. The van der Waals surface area contributed by atoms with E-state index in [1.54, 1.807) is 32.5 Å². The van der Waals surface area contributed by atoms with Gasteiger partial charge in [-0.05, 0) is 42.5 Å². The number of carbonyl (C=O) groups is 1. The number of hydrogen-bond donors (Lipinski definition) is 2. The van der Waals surface area contributed by atoms with Crippen LogP contribution in [0.3, 0.4) is 0 Å². The van der Waals surface area contributed by atoms with Crippen molar-refractivity contribution in [3.8, 4) is 5.75 Å². The molecule has 132 valence electrons. The van der Waals surface area contributed by atoms with Crippen LogP contribution < -0.4 is 20.9 Å². The van der Waals surface area contributed by atoms with Gasteiger partial charge in [-0.1, -0.05) is 12.1 Å². The van der Waals surface area contributed by atoms with Crippen molar-refractivity contribution >= 4 is 23.0 Å². The number of pyridine rings is 1. The first kappa shape index (κ1) is 17.3. The molecular formula is C20H19N3O3. The molecule has 0 atom stereocenters. The summed E-state index contributed by atoms with van der Waals surface area (Å²) in [5.74, 6) is 0.425. The lowest BCUT2D eigenvalue weighted by atomic mass is 10.2. The Morgan fingerprint density at radius 3 is 2.35 bits per heavy atom. The smallest absolute Gasteiger partial charge is 0.255 e. The highest BCUT2D eigenvalue weighted by molar-refractivity contribution is 6.06. The molecule has 1 heterocycles. The number of para-hydroxylation sites is 2. The third kappa shape index (κ3) is 3.92. The van der Waals surface area contributed by atoms with E-state index in [1.807, 2.05) is 42.5 Å². The number of anilines is 3. The van der Waals surface area contributed by atoms with Crippen molar-refractivity contribution in [3.63, 3.8) is 0 Å². The van der Waals surface area contributed by atoms with Crippen molar-refractivity contribution in [2.24, 2.45) is 7.05 Å². The van der Waals surface area contributed by atoms with E-state index in [1.165, 1.54) is 10.6 Å². The molecular weight excluding hydrogens is 330 g/mol. The summed E-state index contributed by atoms with van der Waals surface area (Å²) in [4.78, 5) is 24.2. The number of nitrogens with zero attached hydrogens (tertiary/aromatic N) is 1. The Hall–Kier alpha value is -3.54. The Labute approximate surface area is 151 Å². The van der Waals surface area contributed by atoms with Gasteiger partial charge in [0, 0.05) is 30.6 Å². The summed E-state index contributed by atoms with van der Waals surface area (Å²) in [5.41, 5.74) is 2.31. The van der Waals surface area contributed by atoms with E-state index in [-0.39, 0.29) is 11.5 Å². The van der Waals surface area contributed by atoms with Crippen molar-refractivity contribution in [2.45, 2.75) is 0 Å². The first-order valence-corrected chi connectivity index (χ1v) is 8.05. The maximum absolute atomic E-state index is 12.5. The van der Waals surface area contributed by atoms with Crippen LogP contribution in [0, 0.1) is 0 Å². The average Bonchev–Trinajstić information content (AvgIpc) is 2.66. The molecule has 3 rings (SSSR count). The zero-order valence-corrected chi connectivity index (χ0v) is 14.5. The highest BCUT2D eigenvalue weighted by Gasteiger charge is 2.10. The largest absolute Gasteiger partial charge is 0.497 e. The normalized spacial score (nSPS) is 10.2. The molecule has 1 aromatic heterocycles. The zero-order valence-electron chi connectivity index (χ0n) is 14.5. The number of methoxy groups -OCH3 is 1. The molecule has 3 aromatic rings. The summed E-state index contributed by atoms with van der Waals surface area (Å²) in [6, 6.07) is 17.8. The van der Waals surface area contributed by atoms with Crippen LogP contribution >= 0.6 is 0 Å². The van der Waals surface area contributed by atoms with E-state index in [9.17, 15) is 9.59 Å². The first-order chi connectivity index (χ1) is 12.6. The second kappa shape index (κ2) is 7.57. The molecule has 0 saturated carbocycles. The number of aryl methyl sites for hydroxylation is 1. The van der Waals surface area contributed by atoms with Crippen molar-refractivity contribution in [1.82, 2.24) is 4.57 Å². The second-order valence-corrected chi connectivity index (χ2v) is 5.72. The molecule has 0 radical (unpaired) electrons. The van der Waals surface area contributed by atoms with Crippen molar-refractivity contribution in [2.75, 3.05) is 17.7 Å². The predicted molar refractivity (Wildman–Crippen MR) is 102 cm³/mol. The molecule has 0 aliphatic heterocycles. The first-order valence-electron chi connectivity index (χ1n) is 8.05. The van der Waals surface area contributed by atoms with E-state index >= 15 is 0 Å². The van der Waals surface area contributed by atoms with Gasteiger partial charge >= 0.3 is 0 Å². The quantitative estimate of drug-likeness (QED) is 0.741. The third-order valence-electron chi connectivity index (χ3n) is 3.91. The molecule has 6 nitrogen and oxygen atoms in total. The summed E-state index contributed by atoms with van der Waals surface area (Å²) >= 11 is 0. The SMILES string of the molecule is COc1ccc(Nc2ccccc2NC(=O)c2ccn(C)c(=O)c2)cc1. The van der Waals surface area contributed by atoms with Gasteiger partial charge in [0.05, 0.1) is 18.5 Å². The Balaban J connectivity index is 1.80. The molecule has 2 N–H and O–H groups in total.